The lowest BCUT2D eigenvalue weighted by Gasteiger charge is -2.00. The third-order valence-electron chi connectivity index (χ3n) is 2.12. The summed E-state index contributed by atoms with van der Waals surface area (Å²) in [5.74, 6) is -0.992. The summed E-state index contributed by atoms with van der Waals surface area (Å²) in [4.78, 5) is 14.5. The Kier molecular flexibility index (Phi) is 2.66. The van der Waals surface area contributed by atoms with Gasteiger partial charge in [0.25, 0.3) is 0 Å². The summed E-state index contributed by atoms with van der Waals surface area (Å²) >= 11 is 6.01. The molecule has 0 spiro atoms. The number of aliphatic carboxylic acids is 1. The molecule has 0 aromatic carbocycles. The van der Waals surface area contributed by atoms with Crippen molar-refractivity contribution in [3.05, 3.63) is 40.8 Å². The van der Waals surface area contributed by atoms with Gasteiger partial charge in [-0.1, -0.05) is 11.6 Å². The molecule has 0 bridgehead atoms. The summed E-state index contributed by atoms with van der Waals surface area (Å²) in [6, 6.07) is 1.81. The van der Waals surface area contributed by atoms with Gasteiger partial charge in [-0.25, -0.2) is 9.78 Å². The van der Waals surface area contributed by atoms with Crippen LogP contribution in [0.15, 0.2) is 24.5 Å². The predicted octanol–water partition coefficient (Wildman–Crippen LogP) is 2.39. The summed E-state index contributed by atoms with van der Waals surface area (Å²) in [5.41, 5.74) is 2.29. The minimum Gasteiger partial charge on any atom is -0.478 e. The highest BCUT2D eigenvalue weighted by Gasteiger charge is 2.05. The first kappa shape index (κ1) is 10.7. The van der Waals surface area contributed by atoms with Crippen LogP contribution in [0.25, 0.3) is 11.7 Å². The van der Waals surface area contributed by atoms with Gasteiger partial charge in [0.05, 0.1) is 16.9 Å². The summed E-state index contributed by atoms with van der Waals surface area (Å²) in [6.45, 7) is 1.91. The molecule has 0 saturated carbocycles. The van der Waals surface area contributed by atoms with Crippen LogP contribution in [0.5, 0.6) is 0 Å². The van der Waals surface area contributed by atoms with Crippen LogP contribution in [0, 0.1) is 6.92 Å². The van der Waals surface area contributed by atoms with E-state index >= 15 is 0 Å². The molecule has 0 amide bonds. The summed E-state index contributed by atoms with van der Waals surface area (Å²) in [6.07, 6.45) is 5.99. The molecule has 2 aromatic heterocycles. The number of carboxylic acids is 1. The monoisotopic (exact) mass is 236 g/mol. The number of halogens is 1. The maximum atomic E-state index is 10.4. The lowest BCUT2D eigenvalue weighted by Crippen LogP contribution is -1.91. The van der Waals surface area contributed by atoms with Gasteiger partial charge in [0, 0.05) is 12.3 Å². The second kappa shape index (κ2) is 3.98. The molecule has 0 atom stereocenters. The average Bonchev–Trinajstić information content (AvgIpc) is 2.58. The number of pyridine rings is 1. The molecule has 0 aliphatic carbocycles. The molecule has 82 valence electrons. The molecule has 0 fully saturated rings. The van der Waals surface area contributed by atoms with Gasteiger partial charge in [-0.15, -0.1) is 0 Å². The largest absolute Gasteiger partial charge is 0.478 e. The van der Waals surface area contributed by atoms with Crippen LogP contribution in [0.1, 0.15) is 11.3 Å². The van der Waals surface area contributed by atoms with Crippen molar-refractivity contribution in [2.45, 2.75) is 6.92 Å². The van der Waals surface area contributed by atoms with E-state index in [0.717, 1.165) is 11.6 Å². The van der Waals surface area contributed by atoms with Gasteiger partial charge < -0.3 is 5.11 Å². The first-order valence-electron chi connectivity index (χ1n) is 4.62. The molecule has 0 aliphatic rings. The second-order valence-electron chi connectivity index (χ2n) is 3.41. The molecule has 0 saturated heterocycles. The fourth-order valence-corrected chi connectivity index (χ4v) is 1.78. The minimum atomic E-state index is -0.992. The Balaban J connectivity index is 2.60. The maximum absolute atomic E-state index is 10.4. The van der Waals surface area contributed by atoms with E-state index in [-0.39, 0.29) is 0 Å². The number of carbonyl (C=O) groups is 1. The number of nitrogens with zero attached hydrogens (tertiary/aromatic N) is 2. The molecular weight excluding hydrogens is 228 g/mol. The summed E-state index contributed by atoms with van der Waals surface area (Å²) < 4.78 is 1.76. The zero-order valence-electron chi connectivity index (χ0n) is 8.51. The fraction of sp³-hybridized carbons (Fsp3) is 0.0909. The van der Waals surface area contributed by atoms with Gasteiger partial charge in [0.2, 0.25) is 0 Å². The van der Waals surface area contributed by atoms with Crippen molar-refractivity contribution in [3.8, 4) is 0 Å². The Morgan fingerprint density at radius 2 is 2.38 bits per heavy atom. The second-order valence-corrected chi connectivity index (χ2v) is 3.82. The Bertz CT molecular complexity index is 587. The van der Waals surface area contributed by atoms with Crippen molar-refractivity contribution in [2.75, 3.05) is 0 Å². The molecule has 4 nitrogen and oxygen atoms in total. The van der Waals surface area contributed by atoms with Crippen LogP contribution in [-0.2, 0) is 4.79 Å². The van der Waals surface area contributed by atoms with Crippen molar-refractivity contribution in [1.29, 1.82) is 0 Å². The molecule has 0 unspecified atom stereocenters. The quantitative estimate of drug-likeness (QED) is 0.815. The highest BCUT2D eigenvalue weighted by molar-refractivity contribution is 6.33. The van der Waals surface area contributed by atoms with Crippen molar-refractivity contribution in [2.24, 2.45) is 0 Å². The first-order valence-corrected chi connectivity index (χ1v) is 5.00. The number of hydrogen-bond donors (Lipinski definition) is 1. The van der Waals surface area contributed by atoms with Crippen molar-refractivity contribution in [3.63, 3.8) is 0 Å². The molecule has 0 radical (unpaired) electrons. The normalized spacial score (nSPS) is 11.4. The number of hydrogen-bond acceptors (Lipinski definition) is 2. The van der Waals surface area contributed by atoms with Crippen molar-refractivity contribution >= 4 is 29.3 Å². The van der Waals surface area contributed by atoms with Crippen LogP contribution in [0.2, 0.25) is 5.02 Å². The van der Waals surface area contributed by atoms with Gasteiger partial charge in [-0.2, -0.15) is 0 Å². The Hall–Kier alpha value is -1.81. The smallest absolute Gasteiger partial charge is 0.328 e. The van der Waals surface area contributed by atoms with E-state index in [4.69, 9.17) is 16.7 Å². The minimum absolute atomic E-state index is 0.551. The molecule has 2 aromatic rings. The molecule has 2 rings (SSSR count). The summed E-state index contributed by atoms with van der Waals surface area (Å²) in [5, 5.41) is 9.10. The highest BCUT2D eigenvalue weighted by atomic mass is 35.5. The van der Waals surface area contributed by atoms with E-state index in [1.165, 1.54) is 6.08 Å². The van der Waals surface area contributed by atoms with Gasteiger partial charge >= 0.3 is 5.97 Å². The van der Waals surface area contributed by atoms with Gasteiger partial charge in [0.15, 0.2) is 5.65 Å². The van der Waals surface area contributed by atoms with Crippen LogP contribution < -0.4 is 0 Å². The lowest BCUT2D eigenvalue weighted by molar-refractivity contribution is -0.131. The predicted molar refractivity (Wildman–Crippen MR) is 61.6 cm³/mol. The average molecular weight is 237 g/mol. The number of fused-ring (bicyclic) bond motifs is 1. The van der Waals surface area contributed by atoms with E-state index in [0.29, 0.717) is 16.4 Å². The molecular formula is C11H9ClN2O2. The number of rotatable bonds is 2. The molecule has 0 aliphatic heterocycles. The standard InChI is InChI=1S/C11H9ClN2O2/c1-7-4-9(12)11-13-5-8(14(11)6-7)2-3-10(15)16/h2-6H,1H3,(H,15,16)/b3-2+. The van der Waals surface area contributed by atoms with Crippen molar-refractivity contribution in [1.82, 2.24) is 9.38 Å². The third kappa shape index (κ3) is 1.92. The number of imidazole rings is 1. The highest BCUT2D eigenvalue weighted by Crippen LogP contribution is 2.19. The maximum Gasteiger partial charge on any atom is 0.328 e. The molecule has 16 heavy (non-hydrogen) atoms. The van der Waals surface area contributed by atoms with Gasteiger partial charge in [-0.05, 0) is 24.6 Å². The fourth-order valence-electron chi connectivity index (χ4n) is 1.47. The SMILES string of the molecule is Cc1cc(Cl)c2ncc(/C=C/C(=O)O)n2c1. The Morgan fingerprint density at radius 3 is 3.06 bits per heavy atom. The lowest BCUT2D eigenvalue weighted by atomic mass is 10.3. The number of aromatic nitrogens is 2. The third-order valence-corrected chi connectivity index (χ3v) is 2.40. The van der Waals surface area contributed by atoms with E-state index in [1.54, 1.807) is 10.6 Å². The van der Waals surface area contributed by atoms with E-state index in [2.05, 4.69) is 4.98 Å². The zero-order valence-corrected chi connectivity index (χ0v) is 9.27. The zero-order chi connectivity index (χ0) is 11.7. The van der Waals surface area contributed by atoms with Crippen LogP contribution >= 0.6 is 11.6 Å². The topological polar surface area (TPSA) is 54.6 Å². The van der Waals surface area contributed by atoms with Crippen molar-refractivity contribution < 1.29 is 9.90 Å². The summed E-state index contributed by atoms with van der Waals surface area (Å²) in [7, 11) is 0. The molecule has 5 heteroatoms. The van der Waals surface area contributed by atoms with E-state index in [9.17, 15) is 4.79 Å². The van der Waals surface area contributed by atoms with Crippen LogP contribution in [-0.4, -0.2) is 20.5 Å². The number of aryl methyl sites for hydroxylation is 1. The van der Waals surface area contributed by atoms with E-state index < -0.39 is 5.97 Å². The Labute approximate surface area is 96.8 Å². The molecule has 2 heterocycles. The van der Waals surface area contributed by atoms with Gasteiger partial charge in [0.1, 0.15) is 0 Å². The first-order chi connectivity index (χ1) is 7.58. The van der Waals surface area contributed by atoms with Crippen LogP contribution in [0.3, 0.4) is 0 Å². The number of carboxylic acid groups (broad SMARTS) is 1. The van der Waals surface area contributed by atoms with Gasteiger partial charge in [-0.3, -0.25) is 4.40 Å². The van der Waals surface area contributed by atoms with E-state index in [1.807, 2.05) is 19.2 Å². The Morgan fingerprint density at radius 1 is 1.62 bits per heavy atom. The molecule has 1 N–H and O–H groups in total. The van der Waals surface area contributed by atoms with Crippen LogP contribution in [0.4, 0.5) is 0 Å².